The molecule has 0 radical (unpaired) electrons. The minimum atomic E-state index is 0.254. The molecule has 4 aromatic rings. The third kappa shape index (κ3) is 4.07. The maximum absolute atomic E-state index is 5.72. The summed E-state index contributed by atoms with van der Waals surface area (Å²) in [7, 11) is 1.51. The Morgan fingerprint density at radius 2 is 1.86 bits per heavy atom. The summed E-state index contributed by atoms with van der Waals surface area (Å²) in [5.41, 5.74) is 2.99. The maximum atomic E-state index is 5.72. The number of H-pyrrole nitrogens is 1. The summed E-state index contributed by atoms with van der Waals surface area (Å²) in [6.45, 7) is 2.04. The SMILES string of the molecule is COc1nccc(Oc2ccc(-c3nc(Nc4cccc(C)c4)n[nH]3)cc2)n1. The third-order valence-corrected chi connectivity index (χ3v) is 3.90. The number of aromatic nitrogens is 5. The van der Waals surface area contributed by atoms with E-state index in [-0.39, 0.29) is 6.01 Å². The molecule has 0 unspecified atom stereocenters. The summed E-state index contributed by atoms with van der Waals surface area (Å²) in [6, 6.07) is 17.4. The van der Waals surface area contributed by atoms with Crippen molar-refractivity contribution in [3.8, 4) is 29.0 Å². The Hall–Kier alpha value is -3.94. The zero-order valence-corrected chi connectivity index (χ0v) is 15.4. The average Bonchev–Trinajstić information content (AvgIpc) is 3.17. The number of rotatable bonds is 6. The van der Waals surface area contributed by atoms with Gasteiger partial charge in [0.25, 0.3) is 0 Å². The van der Waals surface area contributed by atoms with Crippen LogP contribution in [0, 0.1) is 6.92 Å². The molecule has 0 amide bonds. The van der Waals surface area contributed by atoms with Gasteiger partial charge in [-0.15, -0.1) is 5.10 Å². The van der Waals surface area contributed by atoms with Gasteiger partial charge in [-0.05, 0) is 48.9 Å². The summed E-state index contributed by atoms with van der Waals surface area (Å²) in [5.74, 6) is 2.21. The maximum Gasteiger partial charge on any atom is 0.319 e. The van der Waals surface area contributed by atoms with Crippen LogP contribution in [0.3, 0.4) is 0 Å². The first-order valence-electron chi connectivity index (χ1n) is 8.61. The summed E-state index contributed by atoms with van der Waals surface area (Å²) < 4.78 is 10.7. The number of benzene rings is 2. The van der Waals surface area contributed by atoms with Crippen molar-refractivity contribution in [3.05, 3.63) is 66.4 Å². The van der Waals surface area contributed by atoms with Crippen molar-refractivity contribution in [2.45, 2.75) is 6.92 Å². The van der Waals surface area contributed by atoms with E-state index < -0.39 is 0 Å². The van der Waals surface area contributed by atoms with Crippen LogP contribution in [0.1, 0.15) is 5.56 Å². The van der Waals surface area contributed by atoms with Crippen LogP contribution < -0.4 is 14.8 Å². The molecule has 2 N–H and O–H groups in total. The lowest BCUT2D eigenvalue weighted by atomic mass is 10.2. The highest BCUT2D eigenvalue weighted by atomic mass is 16.5. The van der Waals surface area contributed by atoms with Crippen LogP contribution in [0.2, 0.25) is 0 Å². The summed E-state index contributed by atoms with van der Waals surface area (Å²) >= 11 is 0. The Morgan fingerprint density at radius 3 is 2.64 bits per heavy atom. The molecular formula is C20H18N6O2. The molecular weight excluding hydrogens is 356 g/mol. The van der Waals surface area contributed by atoms with Crippen molar-refractivity contribution in [3.63, 3.8) is 0 Å². The Bertz CT molecular complexity index is 1080. The van der Waals surface area contributed by atoms with E-state index in [9.17, 15) is 0 Å². The topological polar surface area (TPSA) is 97.8 Å². The highest BCUT2D eigenvalue weighted by Gasteiger charge is 2.07. The minimum absolute atomic E-state index is 0.254. The molecule has 0 spiro atoms. The number of hydrogen-bond acceptors (Lipinski definition) is 7. The van der Waals surface area contributed by atoms with Gasteiger partial charge in [-0.2, -0.15) is 9.97 Å². The quantitative estimate of drug-likeness (QED) is 0.524. The molecule has 0 fully saturated rings. The molecule has 140 valence electrons. The van der Waals surface area contributed by atoms with Crippen molar-refractivity contribution < 1.29 is 9.47 Å². The van der Waals surface area contributed by atoms with Gasteiger partial charge in [-0.1, -0.05) is 12.1 Å². The van der Waals surface area contributed by atoms with Gasteiger partial charge in [0.15, 0.2) is 5.82 Å². The Kier molecular flexibility index (Phi) is 4.83. The molecule has 2 aromatic carbocycles. The molecule has 0 aliphatic rings. The van der Waals surface area contributed by atoms with Gasteiger partial charge in [-0.25, -0.2) is 4.98 Å². The van der Waals surface area contributed by atoms with Gasteiger partial charge in [0.2, 0.25) is 11.8 Å². The zero-order chi connectivity index (χ0) is 19.3. The summed E-state index contributed by atoms with van der Waals surface area (Å²) in [4.78, 5) is 12.6. The van der Waals surface area contributed by atoms with Gasteiger partial charge in [-0.3, -0.25) is 5.10 Å². The first-order chi connectivity index (χ1) is 13.7. The van der Waals surface area contributed by atoms with E-state index in [1.165, 1.54) is 7.11 Å². The fourth-order valence-electron chi connectivity index (χ4n) is 2.58. The molecule has 8 heteroatoms. The Labute approximate surface area is 161 Å². The van der Waals surface area contributed by atoms with E-state index in [0.717, 1.165) is 16.8 Å². The van der Waals surface area contributed by atoms with Crippen molar-refractivity contribution in [1.82, 2.24) is 25.1 Å². The molecule has 2 heterocycles. The molecule has 0 bridgehead atoms. The predicted molar refractivity (Wildman–Crippen MR) is 105 cm³/mol. The number of methoxy groups -OCH3 is 1. The highest BCUT2D eigenvalue weighted by Crippen LogP contribution is 2.24. The van der Waals surface area contributed by atoms with Crippen molar-refractivity contribution >= 4 is 11.6 Å². The number of ether oxygens (including phenoxy) is 2. The molecule has 4 rings (SSSR count). The zero-order valence-electron chi connectivity index (χ0n) is 15.4. The predicted octanol–water partition coefficient (Wildman–Crippen LogP) is 4.11. The second-order valence-electron chi connectivity index (χ2n) is 6.01. The van der Waals surface area contributed by atoms with Gasteiger partial charge in [0.05, 0.1) is 7.11 Å². The summed E-state index contributed by atoms with van der Waals surface area (Å²) in [5, 5.41) is 10.3. The van der Waals surface area contributed by atoms with E-state index in [4.69, 9.17) is 9.47 Å². The fraction of sp³-hybridized carbons (Fsp3) is 0.100. The van der Waals surface area contributed by atoms with Crippen molar-refractivity contribution in [1.29, 1.82) is 0 Å². The largest absolute Gasteiger partial charge is 0.467 e. The number of anilines is 2. The second-order valence-corrected chi connectivity index (χ2v) is 6.01. The van der Waals surface area contributed by atoms with Crippen LogP contribution in [0.5, 0.6) is 17.6 Å². The highest BCUT2D eigenvalue weighted by molar-refractivity contribution is 5.60. The summed E-state index contributed by atoms with van der Waals surface area (Å²) in [6.07, 6.45) is 1.58. The molecule has 0 atom stereocenters. The molecule has 0 saturated carbocycles. The normalized spacial score (nSPS) is 10.5. The molecule has 2 aromatic heterocycles. The smallest absolute Gasteiger partial charge is 0.319 e. The van der Waals surface area contributed by atoms with Crippen LogP contribution in [-0.2, 0) is 0 Å². The molecule has 0 aliphatic heterocycles. The number of aryl methyl sites for hydroxylation is 1. The number of nitrogens with one attached hydrogen (secondary N) is 2. The molecule has 0 saturated heterocycles. The van der Waals surface area contributed by atoms with Crippen LogP contribution >= 0.6 is 0 Å². The molecule has 8 nitrogen and oxygen atoms in total. The van der Waals surface area contributed by atoms with E-state index in [0.29, 0.717) is 23.4 Å². The van der Waals surface area contributed by atoms with E-state index in [1.807, 2.05) is 55.5 Å². The third-order valence-electron chi connectivity index (χ3n) is 3.90. The standard InChI is InChI=1S/C20H18N6O2/c1-13-4-3-5-15(12-13)22-19-24-18(25-26-19)14-6-8-16(9-7-14)28-17-10-11-21-20(23-17)27-2/h3-12H,1-2H3,(H2,22,24,25,26). The Balaban J connectivity index is 1.46. The lowest BCUT2D eigenvalue weighted by Crippen LogP contribution is -1.94. The monoisotopic (exact) mass is 374 g/mol. The van der Waals surface area contributed by atoms with Crippen molar-refractivity contribution in [2.24, 2.45) is 0 Å². The van der Waals surface area contributed by atoms with Gasteiger partial charge in [0, 0.05) is 23.5 Å². The first-order valence-corrected chi connectivity index (χ1v) is 8.61. The molecule has 28 heavy (non-hydrogen) atoms. The first kappa shape index (κ1) is 17.5. The van der Waals surface area contributed by atoms with E-state index in [1.54, 1.807) is 12.3 Å². The average molecular weight is 374 g/mol. The number of aromatic amines is 1. The lowest BCUT2D eigenvalue weighted by molar-refractivity contribution is 0.366. The van der Waals surface area contributed by atoms with Gasteiger partial charge < -0.3 is 14.8 Å². The van der Waals surface area contributed by atoms with Gasteiger partial charge in [0.1, 0.15) is 5.75 Å². The number of nitrogens with zero attached hydrogens (tertiary/aromatic N) is 4. The van der Waals surface area contributed by atoms with Crippen LogP contribution in [0.25, 0.3) is 11.4 Å². The minimum Gasteiger partial charge on any atom is -0.467 e. The lowest BCUT2D eigenvalue weighted by Gasteiger charge is -2.06. The fourth-order valence-corrected chi connectivity index (χ4v) is 2.58. The van der Waals surface area contributed by atoms with Crippen LogP contribution in [-0.4, -0.2) is 32.3 Å². The number of hydrogen-bond donors (Lipinski definition) is 2. The van der Waals surface area contributed by atoms with Crippen molar-refractivity contribution in [2.75, 3.05) is 12.4 Å². The second kappa shape index (κ2) is 7.75. The van der Waals surface area contributed by atoms with Gasteiger partial charge >= 0.3 is 6.01 Å². The van der Waals surface area contributed by atoms with Crippen LogP contribution in [0.15, 0.2) is 60.8 Å². The Morgan fingerprint density at radius 1 is 1.00 bits per heavy atom. The van der Waals surface area contributed by atoms with Crippen LogP contribution in [0.4, 0.5) is 11.6 Å². The molecule has 0 aliphatic carbocycles. The van der Waals surface area contributed by atoms with E-state index >= 15 is 0 Å². The van der Waals surface area contributed by atoms with E-state index in [2.05, 4.69) is 30.5 Å².